The third-order valence-electron chi connectivity index (χ3n) is 3.70. The molecule has 0 aromatic carbocycles. The second-order valence-corrected chi connectivity index (χ2v) is 6.98. The van der Waals surface area contributed by atoms with E-state index in [0.717, 1.165) is 32.4 Å². The first kappa shape index (κ1) is 17.0. The van der Waals surface area contributed by atoms with Crippen LogP contribution in [0.2, 0.25) is 0 Å². The molecule has 2 amide bonds. The highest BCUT2D eigenvalue weighted by molar-refractivity contribution is 5.86. The molecule has 2 N–H and O–H groups in total. The first-order valence-corrected chi connectivity index (χ1v) is 7.47. The molecule has 1 fully saturated rings. The van der Waals surface area contributed by atoms with E-state index in [0.29, 0.717) is 6.54 Å². The van der Waals surface area contributed by atoms with Crippen LogP contribution in [-0.4, -0.2) is 54.8 Å². The maximum atomic E-state index is 12.4. The van der Waals surface area contributed by atoms with Gasteiger partial charge in [0.15, 0.2) is 0 Å². The lowest BCUT2D eigenvalue weighted by Crippen LogP contribution is -2.44. The zero-order valence-electron chi connectivity index (χ0n) is 13.3. The molecule has 1 aliphatic heterocycles. The van der Waals surface area contributed by atoms with Crippen molar-refractivity contribution in [3.8, 4) is 0 Å². The van der Waals surface area contributed by atoms with E-state index in [1.807, 2.05) is 4.90 Å². The first-order chi connectivity index (χ1) is 9.24. The Morgan fingerprint density at radius 1 is 1.25 bits per heavy atom. The van der Waals surface area contributed by atoms with Crippen LogP contribution < -0.4 is 5.73 Å². The second-order valence-electron chi connectivity index (χ2n) is 6.98. The van der Waals surface area contributed by atoms with Crippen LogP contribution in [0.25, 0.3) is 0 Å². The standard InChI is InChI=1S/C15H29N3O2/c1-15(2,3)9-12(10-16)14(20)17(4)11-13(19)18-7-5-6-8-18/h12H,5-11,16H2,1-4H3. The lowest BCUT2D eigenvalue weighted by Gasteiger charge is -2.28. The average Bonchev–Trinajstić information content (AvgIpc) is 2.87. The topological polar surface area (TPSA) is 66.6 Å². The number of hydrogen-bond donors (Lipinski definition) is 1. The highest BCUT2D eigenvalue weighted by Crippen LogP contribution is 2.25. The van der Waals surface area contributed by atoms with Gasteiger partial charge in [0.1, 0.15) is 0 Å². The summed E-state index contributed by atoms with van der Waals surface area (Å²) in [6.07, 6.45) is 2.88. The van der Waals surface area contributed by atoms with Crippen LogP contribution in [0.1, 0.15) is 40.0 Å². The Kier molecular flexibility index (Phi) is 5.99. The van der Waals surface area contributed by atoms with E-state index in [2.05, 4.69) is 20.8 Å². The number of nitrogens with zero attached hydrogens (tertiary/aromatic N) is 2. The molecule has 0 radical (unpaired) electrons. The van der Waals surface area contributed by atoms with Crippen molar-refractivity contribution < 1.29 is 9.59 Å². The van der Waals surface area contributed by atoms with E-state index in [1.165, 1.54) is 4.90 Å². The second kappa shape index (κ2) is 7.07. The van der Waals surface area contributed by atoms with Gasteiger partial charge in [-0.1, -0.05) is 20.8 Å². The van der Waals surface area contributed by atoms with Crippen molar-refractivity contribution in [2.75, 3.05) is 33.2 Å². The zero-order chi connectivity index (χ0) is 15.3. The average molecular weight is 283 g/mol. The molecule has 0 bridgehead atoms. The molecule has 1 aliphatic rings. The molecule has 20 heavy (non-hydrogen) atoms. The first-order valence-electron chi connectivity index (χ1n) is 7.47. The minimum atomic E-state index is -0.202. The molecule has 0 aromatic rings. The minimum absolute atomic E-state index is 0.0185. The van der Waals surface area contributed by atoms with E-state index in [-0.39, 0.29) is 29.7 Å². The number of likely N-dealkylation sites (N-methyl/N-ethyl adjacent to an activating group) is 1. The predicted molar refractivity (Wildman–Crippen MR) is 80.1 cm³/mol. The van der Waals surface area contributed by atoms with Crippen molar-refractivity contribution in [1.82, 2.24) is 9.80 Å². The SMILES string of the molecule is CN(CC(=O)N1CCCC1)C(=O)C(CN)CC(C)(C)C. The smallest absolute Gasteiger partial charge is 0.242 e. The monoisotopic (exact) mass is 283 g/mol. The van der Waals surface area contributed by atoms with Gasteiger partial charge in [-0.2, -0.15) is 0 Å². The minimum Gasteiger partial charge on any atom is -0.341 e. The third kappa shape index (κ3) is 5.12. The summed E-state index contributed by atoms with van der Waals surface area (Å²) in [5, 5.41) is 0. The van der Waals surface area contributed by atoms with Crippen LogP contribution in [0, 0.1) is 11.3 Å². The Hall–Kier alpha value is -1.10. The van der Waals surface area contributed by atoms with E-state index in [9.17, 15) is 9.59 Å². The Labute approximate surface area is 122 Å². The third-order valence-corrected chi connectivity index (χ3v) is 3.70. The molecular formula is C15H29N3O2. The van der Waals surface area contributed by atoms with Gasteiger partial charge >= 0.3 is 0 Å². The lowest BCUT2D eigenvalue weighted by molar-refractivity contribution is -0.141. The molecule has 0 aromatic heterocycles. The summed E-state index contributed by atoms with van der Waals surface area (Å²) in [5.41, 5.74) is 5.78. The predicted octanol–water partition coefficient (Wildman–Crippen LogP) is 1.08. The maximum Gasteiger partial charge on any atom is 0.242 e. The number of carbonyl (C=O) groups excluding carboxylic acids is 2. The molecule has 1 heterocycles. The van der Waals surface area contributed by atoms with Crippen molar-refractivity contribution in [3.63, 3.8) is 0 Å². The van der Waals surface area contributed by atoms with Crippen molar-refractivity contribution >= 4 is 11.8 Å². The van der Waals surface area contributed by atoms with E-state index in [1.54, 1.807) is 7.05 Å². The van der Waals surface area contributed by atoms with Crippen LogP contribution in [-0.2, 0) is 9.59 Å². The quantitative estimate of drug-likeness (QED) is 0.821. The number of amides is 2. The van der Waals surface area contributed by atoms with Crippen LogP contribution in [0.4, 0.5) is 0 Å². The van der Waals surface area contributed by atoms with E-state index < -0.39 is 0 Å². The highest BCUT2D eigenvalue weighted by atomic mass is 16.2. The normalized spacial score (nSPS) is 17.1. The summed E-state index contributed by atoms with van der Waals surface area (Å²) >= 11 is 0. The van der Waals surface area contributed by atoms with Gasteiger partial charge in [0.2, 0.25) is 11.8 Å². The largest absolute Gasteiger partial charge is 0.341 e. The fourth-order valence-electron chi connectivity index (χ4n) is 2.67. The molecule has 1 atom stereocenters. The van der Waals surface area contributed by atoms with Crippen molar-refractivity contribution in [2.45, 2.75) is 40.0 Å². The molecule has 0 saturated carbocycles. The molecule has 5 heteroatoms. The summed E-state index contributed by atoms with van der Waals surface area (Å²) in [4.78, 5) is 27.8. The molecule has 0 spiro atoms. The lowest BCUT2D eigenvalue weighted by atomic mass is 9.84. The van der Waals surface area contributed by atoms with Gasteiger partial charge in [-0.25, -0.2) is 0 Å². The van der Waals surface area contributed by atoms with Crippen LogP contribution in [0.15, 0.2) is 0 Å². The fraction of sp³-hybridized carbons (Fsp3) is 0.867. The van der Waals surface area contributed by atoms with Gasteiger partial charge in [0.25, 0.3) is 0 Å². The summed E-state index contributed by atoms with van der Waals surface area (Å²) in [5.74, 6) is -0.175. The van der Waals surface area contributed by atoms with Crippen molar-refractivity contribution in [3.05, 3.63) is 0 Å². The van der Waals surface area contributed by atoms with Gasteiger partial charge in [0.05, 0.1) is 12.5 Å². The maximum absolute atomic E-state index is 12.4. The summed E-state index contributed by atoms with van der Waals surface area (Å²) in [6.45, 7) is 8.43. The molecule has 1 rings (SSSR count). The van der Waals surface area contributed by atoms with Gasteiger partial charge in [0, 0.05) is 26.7 Å². The Morgan fingerprint density at radius 3 is 2.25 bits per heavy atom. The molecular weight excluding hydrogens is 254 g/mol. The Morgan fingerprint density at radius 2 is 1.80 bits per heavy atom. The number of rotatable bonds is 5. The zero-order valence-corrected chi connectivity index (χ0v) is 13.3. The van der Waals surface area contributed by atoms with Gasteiger partial charge in [-0.15, -0.1) is 0 Å². The van der Waals surface area contributed by atoms with Gasteiger partial charge < -0.3 is 15.5 Å². The molecule has 116 valence electrons. The summed E-state index contributed by atoms with van der Waals surface area (Å²) < 4.78 is 0. The number of carbonyl (C=O) groups is 2. The summed E-state index contributed by atoms with van der Waals surface area (Å²) in [6, 6.07) is 0. The van der Waals surface area contributed by atoms with Crippen LogP contribution in [0.5, 0.6) is 0 Å². The number of likely N-dealkylation sites (tertiary alicyclic amines) is 1. The van der Waals surface area contributed by atoms with Gasteiger partial charge in [-0.3, -0.25) is 9.59 Å². The van der Waals surface area contributed by atoms with Crippen LogP contribution >= 0.6 is 0 Å². The highest BCUT2D eigenvalue weighted by Gasteiger charge is 2.28. The van der Waals surface area contributed by atoms with Crippen molar-refractivity contribution in [1.29, 1.82) is 0 Å². The molecule has 1 saturated heterocycles. The van der Waals surface area contributed by atoms with Crippen molar-refractivity contribution in [2.24, 2.45) is 17.1 Å². The van der Waals surface area contributed by atoms with Crippen LogP contribution in [0.3, 0.4) is 0 Å². The van der Waals surface area contributed by atoms with Gasteiger partial charge in [-0.05, 0) is 24.7 Å². The Balaban J connectivity index is 2.53. The summed E-state index contributed by atoms with van der Waals surface area (Å²) in [7, 11) is 1.70. The number of hydrogen-bond acceptors (Lipinski definition) is 3. The molecule has 1 unspecified atom stereocenters. The Bertz CT molecular complexity index is 344. The van der Waals surface area contributed by atoms with E-state index in [4.69, 9.17) is 5.73 Å². The van der Waals surface area contributed by atoms with E-state index >= 15 is 0 Å². The molecule has 0 aliphatic carbocycles. The number of nitrogens with two attached hydrogens (primary N) is 1. The molecule has 5 nitrogen and oxygen atoms in total. The fourth-order valence-corrected chi connectivity index (χ4v) is 2.67.